The smallest absolute Gasteiger partial charge is 0.416 e. The van der Waals surface area contributed by atoms with Crippen LogP contribution in [0.3, 0.4) is 0 Å². The molecule has 146 valence electrons. The summed E-state index contributed by atoms with van der Waals surface area (Å²) >= 11 is 0. The largest absolute Gasteiger partial charge is 0.489 e. The minimum atomic E-state index is -4.42. The van der Waals surface area contributed by atoms with Gasteiger partial charge in [-0.25, -0.2) is 0 Å². The third kappa shape index (κ3) is 4.51. The lowest BCUT2D eigenvalue weighted by atomic mass is 10.1. The van der Waals surface area contributed by atoms with Crippen LogP contribution in [0.15, 0.2) is 53.1 Å². The minimum Gasteiger partial charge on any atom is -0.489 e. The summed E-state index contributed by atoms with van der Waals surface area (Å²) in [4.78, 5) is 12.4. The predicted molar refractivity (Wildman–Crippen MR) is 96.1 cm³/mol. The van der Waals surface area contributed by atoms with Crippen LogP contribution < -0.4 is 10.1 Å². The van der Waals surface area contributed by atoms with Crippen molar-refractivity contribution in [1.82, 2.24) is 5.16 Å². The molecule has 3 rings (SSSR count). The van der Waals surface area contributed by atoms with E-state index in [9.17, 15) is 18.0 Å². The first kappa shape index (κ1) is 19.5. The molecule has 0 aliphatic rings. The maximum absolute atomic E-state index is 12.6. The molecule has 2 aromatic carbocycles. The molecule has 1 amide bonds. The number of nitrogens with zero attached hydrogens (tertiary/aromatic N) is 1. The first-order valence-corrected chi connectivity index (χ1v) is 8.37. The van der Waals surface area contributed by atoms with Crippen molar-refractivity contribution in [3.63, 3.8) is 0 Å². The zero-order valence-electron chi connectivity index (χ0n) is 15.1. The van der Waals surface area contributed by atoms with Crippen LogP contribution in [0, 0.1) is 13.8 Å². The molecule has 0 spiro atoms. The Kier molecular flexibility index (Phi) is 5.39. The molecule has 5 nitrogen and oxygen atoms in total. The Balaban J connectivity index is 1.67. The molecular formula is C20H17F3N2O3. The van der Waals surface area contributed by atoms with Gasteiger partial charge in [0.25, 0.3) is 5.91 Å². The third-order valence-electron chi connectivity index (χ3n) is 4.13. The van der Waals surface area contributed by atoms with Gasteiger partial charge in [0, 0.05) is 11.3 Å². The molecule has 0 aliphatic heterocycles. The molecular weight excluding hydrogens is 373 g/mol. The molecule has 3 aromatic rings. The van der Waals surface area contributed by atoms with E-state index in [0.29, 0.717) is 17.1 Å². The number of benzene rings is 2. The molecule has 0 fully saturated rings. The number of carbonyl (C=O) groups excluding carboxylic acids is 1. The summed E-state index contributed by atoms with van der Waals surface area (Å²) in [5.74, 6) is 0.677. The van der Waals surface area contributed by atoms with Crippen LogP contribution in [-0.4, -0.2) is 11.1 Å². The van der Waals surface area contributed by atoms with Gasteiger partial charge in [-0.3, -0.25) is 4.79 Å². The van der Waals surface area contributed by atoms with Gasteiger partial charge in [0.15, 0.2) is 0 Å². The number of hydrogen-bond donors (Lipinski definition) is 1. The summed E-state index contributed by atoms with van der Waals surface area (Å²) in [5, 5.41) is 6.42. The number of carbonyl (C=O) groups is 1. The molecule has 1 aromatic heterocycles. The zero-order valence-corrected chi connectivity index (χ0v) is 15.1. The van der Waals surface area contributed by atoms with Gasteiger partial charge in [-0.2, -0.15) is 13.2 Å². The van der Waals surface area contributed by atoms with E-state index in [1.54, 1.807) is 31.2 Å². The van der Waals surface area contributed by atoms with E-state index in [0.717, 1.165) is 23.4 Å². The first-order valence-electron chi connectivity index (χ1n) is 8.37. The zero-order chi connectivity index (χ0) is 20.3. The minimum absolute atomic E-state index is 0.241. The maximum Gasteiger partial charge on any atom is 0.416 e. The van der Waals surface area contributed by atoms with Gasteiger partial charge in [0.1, 0.15) is 18.1 Å². The van der Waals surface area contributed by atoms with Crippen molar-refractivity contribution in [2.45, 2.75) is 26.6 Å². The monoisotopic (exact) mass is 390 g/mol. The molecule has 0 saturated heterocycles. The molecule has 0 radical (unpaired) electrons. The summed E-state index contributed by atoms with van der Waals surface area (Å²) in [6.45, 7) is 3.83. The van der Waals surface area contributed by atoms with Crippen molar-refractivity contribution in [3.8, 4) is 5.75 Å². The highest BCUT2D eigenvalue weighted by molar-refractivity contribution is 6.04. The topological polar surface area (TPSA) is 64.4 Å². The van der Waals surface area contributed by atoms with E-state index >= 15 is 0 Å². The Labute approximate surface area is 159 Å². The Bertz CT molecular complexity index is 960. The van der Waals surface area contributed by atoms with E-state index < -0.39 is 17.6 Å². The second-order valence-corrected chi connectivity index (χ2v) is 6.15. The fraction of sp³-hybridized carbons (Fsp3) is 0.200. The number of aromatic nitrogens is 1. The van der Waals surface area contributed by atoms with E-state index in [2.05, 4.69) is 10.5 Å². The molecule has 8 heteroatoms. The van der Waals surface area contributed by atoms with Gasteiger partial charge in [0.05, 0.1) is 16.8 Å². The van der Waals surface area contributed by atoms with Crippen molar-refractivity contribution < 1.29 is 27.2 Å². The SMILES string of the molecule is Cc1noc(C)c1COc1cccc(C(=O)Nc2ccc(C(F)(F)F)cc2)c1. The third-order valence-corrected chi connectivity index (χ3v) is 4.13. The number of hydrogen-bond acceptors (Lipinski definition) is 4. The van der Waals surface area contributed by atoms with E-state index in [1.165, 1.54) is 12.1 Å². The molecule has 0 aliphatic carbocycles. The maximum atomic E-state index is 12.6. The molecule has 0 bridgehead atoms. The van der Waals surface area contributed by atoms with Gasteiger partial charge in [0.2, 0.25) is 0 Å². The molecule has 0 saturated carbocycles. The quantitative estimate of drug-likeness (QED) is 0.655. The average Bonchev–Trinajstić information content (AvgIpc) is 2.98. The fourth-order valence-corrected chi connectivity index (χ4v) is 2.54. The lowest BCUT2D eigenvalue weighted by molar-refractivity contribution is -0.137. The van der Waals surface area contributed by atoms with Gasteiger partial charge in [-0.15, -0.1) is 0 Å². The van der Waals surface area contributed by atoms with Crippen LogP contribution in [0.5, 0.6) is 5.75 Å². The number of anilines is 1. The van der Waals surface area contributed by atoms with Crippen LogP contribution in [0.2, 0.25) is 0 Å². The van der Waals surface area contributed by atoms with Crippen molar-refractivity contribution in [2.75, 3.05) is 5.32 Å². The summed E-state index contributed by atoms with van der Waals surface area (Å²) in [6, 6.07) is 10.7. The van der Waals surface area contributed by atoms with Crippen LogP contribution >= 0.6 is 0 Å². The summed E-state index contributed by atoms with van der Waals surface area (Å²) < 4.78 is 48.6. The first-order chi connectivity index (χ1) is 13.2. The standard InChI is InChI=1S/C20H17F3N2O3/c1-12-18(13(2)28-25-12)11-27-17-5-3-4-14(10-17)19(26)24-16-8-6-15(7-9-16)20(21,22)23/h3-10H,11H2,1-2H3,(H,24,26). The lowest BCUT2D eigenvalue weighted by Crippen LogP contribution is -2.12. The highest BCUT2D eigenvalue weighted by atomic mass is 19.4. The Morgan fingerprint density at radius 2 is 1.86 bits per heavy atom. The Morgan fingerprint density at radius 1 is 1.14 bits per heavy atom. The number of amides is 1. The number of nitrogens with one attached hydrogen (secondary N) is 1. The van der Waals surface area contributed by atoms with Gasteiger partial charge < -0.3 is 14.6 Å². The number of halogens is 3. The molecule has 1 N–H and O–H groups in total. The number of ether oxygens (including phenoxy) is 1. The lowest BCUT2D eigenvalue weighted by Gasteiger charge is -2.10. The van der Waals surface area contributed by atoms with Crippen molar-refractivity contribution in [1.29, 1.82) is 0 Å². The van der Waals surface area contributed by atoms with Gasteiger partial charge >= 0.3 is 6.18 Å². The normalized spacial score (nSPS) is 11.3. The summed E-state index contributed by atoms with van der Waals surface area (Å²) in [7, 11) is 0. The highest BCUT2D eigenvalue weighted by Gasteiger charge is 2.30. The molecule has 0 unspecified atom stereocenters. The highest BCUT2D eigenvalue weighted by Crippen LogP contribution is 2.30. The van der Waals surface area contributed by atoms with Crippen LogP contribution in [0.1, 0.15) is 32.9 Å². The van der Waals surface area contributed by atoms with E-state index in [-0.39, 0.29) is 12.3 Å². The molecule has 28 heavy (non-hydrogen) atoms. The van der Waals surface area contributed by atoms with Gasteiger partial charge in [-0.1, -0.05) is 11.2 Å². The van der Waals surface area contributed by atoms with Crippen molar-refractivity contribution in [2.24, 2.45) is 0 Å². The predicted octanol–water partition coefficient (Wildman–Crippen LogP) is 5.14. The summed E-state index contributed by atoms with van der Waals surface area (Å²) in [6.07, 6.45) is -4.42. The second-order valence-electron chi connectivity index (χ2n) is 6.15. The van der Waals surface area contributed by atoms with Crippen molar-refractivity contribution in [3.05, 3.63) is 76.7 Å². The van der Waals surface area contributed by atoms with E-state index in [1.807, 2.05) is 6.92 Å². The van der Waals surface area contributed by atoms with Gasteiger partial charge in [-0.05, 0) is 56.3 Å². The van der Waals surface area contributed by atoms with Crippen LogP contribution in [0.25, 0.3) is 0 Å². The number of rotatable bonds is 5. The van der Waals surface area contributed by atoms with Crippen LogP contribution in [-0.2, 0) is 12.8 Å². The van der Waals surface area contributed by atoms with E-state index in [4.69, 9.17) is 9.26 Å². The fourth-order valence-electron chi connectivity index (χ4n) is 2.54. The molecule has 0 atom stereocenters. The number of aryl methyl sites for hydroxylation is 2. The molecule has 1 heterocycles. The van der Waals surface area contributed by atoms with Crippen LogP contribution in [0.4, 0.5) is 18.9 Å². The number of alkyl halides is 3. The Morgan fingerprint density at radius 3 is 2.46 bits per heavy atom. The summed E-state index contributed by atoms with van der Waals surface area (Å²) in [5.41, 5.74) is 1.37. The second kappa shape index (κ2) is 7.75. The Hall–Kier alpha value is -3.29. The average molecular weight is 390 g/mol. The van der Waals surface area contributed by atoms with Crippen molar-refractivity contribution >= 4 is 11.6 Å².